The second-order valence-electron chi connectivity index (χ2n) is 19.3. The Labute approximate surface area is 385 Å². The van der Waals surface area contributed by atoms with E-state index in [2.05, 4.69) is 5.32 Å². The van der Waals surface area contributed by atoms with Gasteiger partial charge in [0, 0.05) is 39.4 Å². The first-order valence-corrected chi connectivity index (χ1v) is 22.3. The number of aliphatic hydroxyl groups is 2. The van der Waals surface area contributed by atoms with Gasteiger partial charge in [0.25, 0.3) is 0 Å². The predicted molar refractivity (Wildman–Crippen MR) is 235 cm³/mol. The number of fused-ring (bicyclic) bond motifs is 5. The number of rotatable bonds is 16. The van der Waals surface area contributed by atoms with Crippen LogP contribution in [0, 0.1) is 16.7 Å². The summed E-state index contributed by atoms with van der Waals surface area (Å²) < 4.78 is 54.4. The largest absolute Gasteiger partial charge is 0.456 e. The zero-order valence-electron chi connectivity index (χ0n) is 39.5. The lowest BCUT2D eigenvalue weighted by Gasteiger charge is -2.68. The Hall–Kier alpha value is -4.75. The van der Waals surface area contributed by atoms with Crippen molar-refractivity contribution in [2.24, 2.45) is 16.7 Å². The first-order valence-electron chi connectivity index (χ1n) is 22.3. The predicted octanol–water partition coefficient (Wildman–Crippen LogP) is 4.60. The van der Waals surface area contributed by atoms with Gasteiger partial charge in [0.15, 0.2) is 17.5 Å². The number of aliphatic hydroxyl groups excluding tert-OH is 1. The van der Waals surface area contributed by atoms with Gasteiger partial charge in [-0.05, 0) is 63.5 Å². The number of alkyl carbamates (subject to hydrolysis) is 1. The van der Waals surface area contributed by atoms with Crippen LogP contribution < -0.4 is 5.32 Å². The number of Topliss-reactive ketones (excluding diaryl/α,β-unsaturated/α-hetero) is 1. The number of hydrogen-bond acceptors (Lipinski definition) is 16. The number of methoxy groups -OCH3 is 2. The van der Waals surface area contributed by atoms with Crippen molar-refractivity contribution in [3.8, 4) is 0 Å². The minimum atomic E-state index is -2.28. The monoisotopic (exact) mass is 923 g/mol. The van der Waals surface area contributed by atoms with Gasteiger partial charge in [0.1, 0.15) is 35.6 Å². The van der Waals surface area contributed by atoms with Crippen LogP contribution in [-0.2, 0) is 57.0 Å². The first kappa shape index (κ1) is 50.7. The van der Waals surface area contributed by atoms with Crippen LogP contribution in [0.25, 0.3) is 0 Å². The maximum absolute atomic E-state index is 16.1. The van der Waals surface area contributed by atoms with E-state index in [1.165, 1.54) is 33.3 Å². The number of hydrogen-bond donors (Lipinski definition) is 3. The Morgan fingerprint density at radius 3 is 2.06 bits per heavy atom. The lowest BCUT2D eigenvalue weighted by atomic mass is 9.44. The zero-order valence-corrected chi connectivity index (χ0v) is 39.5. The smallest absolute Gasteiger partial charge is 0.408 e. The Morgan fingerprint density at radius 2 is 1.50 bits per heavy atom. The van der Waals surface area contributed by atoms with Gasteiger partial charge in [-0.15, -0.1) is 0 Å². The molecule has 2 bridgehead atoms. The average Bonchev–Trinajstić information content (AvgIpc) is 3.25. The minimum absolute atomic E-state index is 0.0400. The van der Waals surface area contributed by atoms with Gasteiger partial charge in [-0.1, -0.05) is 62.4 Å². The number of ether oxygens (including phenoxy) is 9. The second-order valence-corrected chi connectivity index (χ2v) is 19.3. The third-order valence-electron chi connectivity index (χ3n) is 13.7. The number of ketones is 1. The molecule has 1 saturated heterocycles. The molecule has 362 valence electrons. The molecular weight excluding hydrogens is 859 g/mol. The molecule has 17 nitrogen and oxygen atoms in total. The highest BCUT2D eigenvalue weighted by Gasteiger charge is 2.78. The molecule has 1 aliphatic heterocycles. The van der Waals surface area contributed by atoms with Gasteiger partial charge in [-0.2, -0.15) is 0 Å². The zero-order chi connectivity index (χ0) is 48.4. The summed E-state index contributed by atoms with van der Waals surface area (Å²) in [5.41, 5.74) is -7.13. The van der Waals surface area contributed by atoms with E-state index in [1.54, 1.807) is 97.0 Å². The highest BCUT2D eigenvalue weighted by molar-refractivity contribution is 5.94. The molecule has 11 atom stereocenters. The van der Waals surface area contributed by atoms with Crippen LogP contribution in [0.2, 0.25) is 0 Å². The van der Waals surface area contributed by atoms with E-state index >= 15 is 4.79 Å². The van der Waals surface area contributed by atoms with Crippen molar-refractivity contribution in [2.45, 2.75) is 128 Å². The Kier molecular flexibility index (Phi) is 15.2. The third kappa shape index (κ3) is 9.53. The van der Waals surface area contributed by atoms with E-state index in [0.29, 0.717) is 11.1 Å². The van der Waals surface area contributed by atoms with E-state index in [1.807, 2.05) is 0 Å². The summed E-state index contributed by atoms with van der Waals surface area (Å²) >= 11 is 0. The van der Waals surface area contributed by atoms with Crippen LogP contribution in [0.1, 0.15) is 90.2 Å². The highest BCUT2D eigenvalue weighted by atomic mass is 16.6. The molecule has 0 spiro atoms. The number of esters is 3. The van der Waals surface area contributed by atoms with Crippen LogP contribution in [0.3, 0.4) is 0 Å². The maximum Gasteiger partial charge on any atom is 0.408 e. The number of benzene rings is 2. The summed E-state index contributed by atoms with van der Waals surface area (Å²) in [6, 6.07) is 15.0. The molecule has 1 unspecified atom stereocenters. The van der Waals surface area contributed by atoms with Gasteiger partial charge in [-0.3, -0.25) is 9.59 Å². The normalized spacial score (nSPS) is 31.1. The molecule has 3 aliphatic carbocycles. The fraction of sp³-hybridized carbons (Fsp3) is 0.612. The van der Waals surface area contributed by atoms with Gasteiger partial charge in [0.2, 0.25) is 0 Å². The number of nitrogens with one attached hydrogen (secondary N) is 1. The number of amides is 1. The summed E-state index contributed by atoms with van der Waals surface area (Å²) in [5, 5.41) is 28.4. The number of carbonyl (C=O) groups is 5. The first-order chi connectivity index (χ1) is 31.1. The average molecular weight is 924 g/mol. The van der Waals surface area contributed by atoms with Crippen LogP contribution in [0.15, 0.2) is 71.8 Å². The molecule has 2 saturated carbocycles. The van der Waals surface area contributed by atoms with Crippen molar-refractivity contribution in [1.29, 1.82) is 0 Å². The van der Waals surface area contributed by atoms with Crippen LogP contribution in [0.4, 0.5) is 4.79 Å². The Morgan fingerprint density at radius 1 is 0.894 bits per heavy atom. The SMILES string of the molecule is COCCO[C@H]1C(=O)[C@@]2(C)C([C@H](OC(=O)c3ccccc3)[C@]3(O)C[C@H](OC(=O)[C@H](O)[C@@H](NC(=O)OC(C)(C)C)c4ccccc4)C(C)=C1C3(C)C)[C@]1(OC(C)=O)CO[C@@H]1C[C@@H]2OCCOC. The van der Waals surface area contributed by atoms with Gasteiger partial charge < -0.3 is 58.2 Å². The van der Waals surface area contributed by atoms with Crippen molar-refractivity contribution in [3.63, 3.8) is 0 Å². The third-order valence-corrected chi connectivity index (χ3v) is 13.7. The van der Waals surface area contributed by atoms with Gasteiger partial charge in [-0.25, -0.2) is 14.4 Å². The highest BCUT2D eigenvalue weighted by Crippen LogP contribution is 2.65. The van der Waals surface area contributed by atoms with Gasteiger partial charge >= 0.3 is 24.0 Å². The molecule has 1 amide bonds. The molecule has 66 heavy (non-hydrogen) atoms. The lowest BCUT2D eigenvalue weighted by molar-refractivity contribution is -0.349. The summed E-state index contributed by atoms with van der Waals surface area (Å²) in [4.78, 5) is 71.4. The molecular formula is C49H65NO16. The second kappa shape index (κ2) is 19.8. The van der Waals surface area contributed by atoms with Crippen molar-refractivity contribution < 1.29 is 76.8 Å². The van der Waals surface area contributed by atoms with Crippen molar-refractivity contribution in [1.82, 2.24) is 5.32 Å². The molecule has 17 heteroatoms. The quantitative estimate of drug-likeness (QED) is 0.0906. The van der Waals surface area contributed by atoms with E-state index in [0.717, 1.165) is 0 Å². The maximum atomic E-state index is 16.1. The van der Waals surface area contributed by atoms with Crippen LogP contribution in [0.5, 0.6) is 0 Å². The molecule has 4 aliphatic rings. The van der Waals surface area contributed by atoms with E-state index in [9.17, 15) is 29.4 Å². The Balaban J connectivity index is 1.56. The van der Waals surface area contributed by atoms with Crippen molar-refractivity contribution in [3.05, 3.63) is 82.9 Å². The Bertz CT molecular complexity index is 2120. The summed E-state index contributed by atoms with van der Waals surface area (Å²) in [5.74, 6) is -4.69. The van der Waals surface area contributed by atoms with Crippen LogP contribution in [-0.4, -0.2) is 141 Å². The molecule has 2 aromatic rings. The fourth-order valence-corrected chi connectivity index (χ4v) is 10.4. The van der Waals surface area contributed by atoms with E-state index in [4.69, 9.17) is 42.6 Å². The standard InChI is InChI=1S/C49H65NO16/c1-28-32(63-43(55)37(52)36(30-17-13-11-14-18-30)50-44(56)66-45(3,4)5)26-49(57)41(64-42(54)31-19-15-12-16-20-31)39-47(8,40(53)38(61-24-22-59-10)35(28)46(49,6)7)33(60-23-21-58-9)25-34-48(39,27-62-34)65-29(2)51/h11-20,32-34,36-39,41,52,57H,21-27H2,1-10H3,(H,50,56)/t32-,33-,34+,36-,37+,38+,39?,41-,47+,48-,49+/m0/s1. The molecule has 0 radical (unpaired) electrons. The van der Waals surface area contributed by atoms with Crippen molar-refractivity contribution in [2.75, 3.05) is 47.3 Å². The molecule has 3 fully saturated rings. The van der Waals surface area contributed by atoms with E-state index < -0.39 is 112 Å². The minimum Gasteiger partial charge on any atom is -0.456 e. The molecule has 6 rings (SSSR count). The molecule has 3 N–H and O–H groups in total. The molecule has 2 aromatic carbocycles. The summed E-state index contributed by atoms with van der Waals surface area (Å²) in [7, 11) is 2.98. The van der Waals surface area contributed by atoms with Gasteiger partial charge in [0.05, 0.1) is 62.1 Å². The van der Waals surface area contributed by atoms with Crippen molar-refractivity contribution >= 4 is 29.8 Å². The molecule has 0 aromatic heterocycles. The number of carbonyl (C=O) groups excluding carboxylic acids is 5. The molecule has 1 heterocycles. The fourth-order valence-electron chi connectivity index (χ4n) is 10.4. The lowest BCUT2D eigenvalue weighted by Crippen LogP contribution is -2.82. The topological polar surface area (TPSA) is 221 Å². The van der Waals surface area contributed by atoms with Crippen LogP contribution >= 0.6 is 0 Å². The summed E-state index contributed by atoms with van der Waals surface area (Å²) in [6.45, 7) is 12.8. The summed E-state index contributed by atoms with van der Waals surface area (Å²) in [6.07, 6.45) is -9.79. The van der Waals surface area contributed by atoms with E-state index in [-0.39, 0.29) is 50.6 Å².